The van der Waals surface area contributed by atoms with Crippen LogP contribution in [0.3, 0.4) is 0 Å². The Kier molecular flexibility index (Phi) is 2.19. The molecule has 0 amide bonds. The standard InChI is InChI=1S/C18H12N4/c1-2-6-12(7-3-1)22-18-16(20-21-22)11-10-14-13-8-4-5-9-15(13)19-17(14)18/h1-11,21H. The summed E-state index contributed by atoms with van der Waals surface area (Å²) in [6, 6.07) is 22.5. The lowest BCUT2D eigenvalue weighted by Gasteiger charge is -2.03. The molecule has 2 heterocycles. The first-order valence-corrected chi connectivity index (χ1v) is 7.21. The first kappa shape index (κ1) is 11.5. The Hall–Kier alpha value is -3.14. The normalized spacial score (nSPS) is 11.6. The highest BCUT2D eigenvalue weighted by molar-refractivity contribution is 6.15. The highest BCUT2D eigenvalue weighted by Gasteiger charge is 2.13. The Morgan fingerprint density at radius 1 is 0.727 bits per heavy atom. The van der Waals surface area contributed by atoms with Gasteiger partial charge in [0, 0.05) is 10.8 Å². The number of hydrogen-bond acceptors (Lipinski definition) is 2. The Bertz CT molecular complexity index is 1120. The van der Waals surface area contributed by atoms with Gasteiger partial charge in [-0.3, -0.25) is 0 Å². The van der Waals surface area contributed by atoms with Crippen molar-refractivity contribution in [3.63, 3.8) is 0 Å². The number of rotatable bonds is 1. The van der Waals surface area contributed by atoms with Crippen LogP contribution in [0.15, 0.2) is 66.7 Å². The fourth-order valence-electron chi connectivity index (χ4n) is 3.05. The molecule has 0 saturated carbocycles. The van der Waals surface area contributed by atoms with Gasteiger partial charge in [-0.25, -0.2) is 14.9 Å². The number of fused-ring (bicyclic) bond motifs is 5. The molecule has 0 aliphatic carbocycles. The zero-order valence-corrected chi connectivity index (χ0v) is 11.7. The number of nitrogens with one attached hydrogen (secondary N) is 1. The van der Waals surface area contributed by atoms with Gasteiger partial charge in [0.15, 0.2) is 0 Å². The van der Waals surface area contributed by atoms with Crippen LogP contribution in [0.25, 0.3) is 38.5 Å². The van der Waals surface area contributed by atoms with E-state index in [1.807, 2.05) is 47.1 Å². The maximum absolute atomic E-state index is 4.82. The second kappa shape index (κ2) is 4.18. The third-order valence-corrected chi connectivity index (χ3v) is 4.06. The van der Waals surface area contributed by atoms with Gasteiger partial charge < -0.3 is 0 Å². The molecule has 4 heteroatoms. The van der Waals surface area contributed by atoms with Crippen molar-refractivity contribution in [2.24, 2.45) is 0 Å². The maximum Gasteiger partial charge on any atom is 0.118 e. The average molecular weight is 284 g/mol. The van der Waals surface area contributed by atoms with Crippen molar-refractivity contribution in [1.29, 1.82) is 0 Å². The minimum Gasteiger partial charge on any atom is -0.245 e. The summed E-state index contributed by atoms with van der Waals surface area (Å²) in [5.41, 5.74) is 4.98. The molecule has 0 atom stereocenters. The first-order chi connectivity index (χ1) is 10.9. The minimum atomic E-state index is 0.916. The molecule has 104 valence electrons. The number of benzene rings is 3. The molecular formula is C18H12N4. The van der Waals surface area contributed by atoms with Crippen molar-refractivity contribution >= 4 is 32.8 Å². The summed E-state index contributed by atoms with van der Waals surface area (Å²) in [5, 5.41) is 9.85. The quantitative estimate of drug-likeness (QED) is 0.504. The van der Waals surface area contributed by atoms with Crippen molar-refractivity contribution in [1.82, 2.24) is 20.0 Å². The van der Waals surface area contributed by atoms with Gasteiger partial charge in [-0.15, -0.1) is 0 Å². The SMILES string of the molecule is c1ccc(-n2[nH]nc3ccc4c5ccccc5nc4c32)cc1. The highest BCUT2D eigenvalue weighted by Crippen LogP contribution is 2.31. The Balaban J connectivity index is 1.97. The lowest BCUT2D eigenvalue weighted by molar-refractivity contribution is 0.825. The Labute approximate surface area is 126 Å². The van der Waals surface area contributed by atoms with Crippen LogP contribution in [0.4, 0.5) is 0 Å². The van der Waals surface area contributed by atoms with Crippen molar-refractivity contribution < 1.29 is 0 Å². The van der Waals surface area contributed by atoms with E-state index < -0.39 is 0 Å². The fraction of sp³-hybridized carbons (Fsp3) is 0. The lowest BCUT2D eigenvalue weighted by atomic mass is 10.1. The molecular weight excluding hydrogens is 272 g/mol. The summed E-state index contributed by atoms with van der Waals surface area (Å²) in [4.78, 5) is 4.82. The molecule has 5 rings (SSSR count). The number of hydrogen-bond donors (Lipinski definition) is 1. The smallest absolute Gasteiger partial charge is 0.118 e. The highest BCUT2D eigenvalue weighted by atomic mass is 15.4. The van der Waals surface area contributed by atoms with E-state index in [9.17, 15) is 0 Å². The van der Waals surface area contributed by atoms with Gasteiger partial charge in [-0.2, -0.15) is 5.10 Å². The van der Waals surface area contributed by atoms with Gasteiger partial charge in [-0.1, -0.05) is 36.4 Å². The molecule has 0 saturated heterocycles. The zero-order chi connectivity index (χ0) is 14.5. The molecule has 0 unspecified atom stereocenters. The summed E-state index contributed by atoms with van der Waals surface area (Å²) in [6.07, 6.45) is 0. The third-order valence-electron chi connectivity index (χ3n) is 4.06. The van der Waals surface area contributed by atoms with Crippen LogP contribution in [0.5, 0.6) is 0 Å². The van der Waals surface area contributed by atoms with Crippen LogP contribution in [0.1, 0.15) is 0 Å². The predicted molar refractivity (Wildman–Crippen MR) is 88.2 cm³/mol. The molecule has 2 aromatic heterocycles. The Morgan fingerprint density at radius 3 is 2.45 bits per heavy atom. The zero-order valence-electron chi connectivity index (χ0n) is 11.7. The van der Waals surface area contributed by atoms with Crippen LogP contribution in [-0.2, 0) is 0 Å². The Morgan fingerprint density at radius 2 is 1.55 bits per heavy atom. The van der Waals surface area contributed by atoms with Crippen LogP contribution in [0.2, 0.25) is 0 Å². The molecule has 22 heavy (non-hydrogen) atoms. The van der Waals surface area contributed by atoms with Crippen molar-refractivity contribution in [2.45, 2.75) is 0 Å². The summed E-state index contributed by atoms with van der Waals surface area (Å²) in [5.74, 6) is 0. The fourth-order valence-corrected chi connectivity index (χ4v) is 3.05. The maximum atomic E-state index is 4.82. The number of nitrogens with zero attached hydrogens (tertiary/aromatic N) is 3. The molecule has 5 aromatic rings. The lowest BCUT2D eigenvalue weighted by Crippen LogP contribution is -1.96. The number of aromatic amines is 1. The van der Waals surface area contributed by atoms with E-state index in [0.29, 0.717) is 0 Å². The molecule has 0 fully saturated rings. The number of aromatic nitrogens is 4. The van der Waals surface area contributed by atoms with Crippen molar-refractivity contribution in [2.75, 3.05) is 0 Å². The van der Waals surface area contributed by atoms with E-state index in [1.165, 1.54) is 5.39 Å². The van der Waals surface area contributed by atoms with E-state index in [0.717, 1.165) is 33.1 Å². The van der Waals surface area contributed by atoms with Crippen LogP contribution < -0.4 is 0 Å². The second-order valence-electron chi connectivity index (χ2n) is 5.34. The summed E-state index contributed by atoms with van der Waals surface area (Å²) in [6.45, 7) is 0. The summed E-state index contributed by atoms with van der Waals surface area (Å²) >= 11 is 0. The van der Waals surface area contributed by atoms with E-state index in [2.05, 4.69) is 34.6 Å². The van der Waals surface area contributed by atoms with Gasteiger partial charge in [0.05, 0.1) is 16.7 Å². The van der Waals surface area contributed by atoms with E-state index in [-0.39, 0.29) is 0 Å². The molecule has 0 radical (unpaired) electrons. The summed E-state index contributed by atoms with van der Waals surface area (Å²) in [7, 11) is 0. The molecule has 0 spiro atoms. The largest absolute Gasteiger partial charge is 0.245 e. The number of para-hydroxylation sites is 2. The third kappa shape index (κ3) is 1.46. The molecule has 0 aliphatic rings. The van der Waals surface area contributed by atoms with Gasteiger partial charge in [0.2, 0.25) is 0 Å². The minimum absolute atomic E-state index is 0.916. The van der Waals surface area contributed by atoms with Gasteiger partial charge in [0.1, 0.15) is 11.0 Å². The van der Waals surface area contributed by atoms with Crippen LogP contribution >= 0.6 is 0 Å². The topological polar surface area (TPSA) is 46.5 Å². The van der Waals surface area contributed by atoms with Gasteiger partial charge in [0.25, 0.3) is 0 Å². The molecule has 0 bridgehead atoms. The molecule has 3 aromatic carbocycles. The van der Waals surface area contributed by atoms with E-state index in [1.54, 1.807) is 0 Å². The first-order valence-electron chi connectivity index (χ1n) is 7.21. The average Bonchev–Trinajstić information content (AvgIpc) is 3.16. The van der Waals surface area contributed by atoms with Crippen LogP contribution in [0, 0.1) is 0 Å². The molecule has 0 aliphatic heterocycles. The second-order valence-corrected chi connectivity index (χ2v) is 5.34. The summed E-state index contributed by atoms with van der Waals surface area (Å²) < 4.78 is 1.99. The van der Waals surface area contributed by atoms with E-state index in [4.69, 9.17) is 4.98 Å². The van der Waals surface area contributed by atoms with Crippen molar-refractivity contribution in [3.8, 4) is 5.69 Å². The molecule has 1 N–H and O–H groups in total. The monoisotopic (exact) mass is 284 g/mol. The van der Waals surface area contributed by atoms with Gasteiger partial charge in [-0.05, 0) is 30.3 Å². The van der Waals surface area contributed by atoms with Crippen molar-refractivity contribution in [3.05, 3.63) is 66.7 Å². The van der Waals surface area contributed by atoms with Crippen LogP contribution in [-0.4, -0.2) is 20.0 Å². The van der Waals surface area contributed by atoms with Gasteiger partial charge >= 0.3 is 0 Å². The van der Waals surface area contributed by atoms with E-state index >= 15 is 0 Å². The number of H-pyrrole nitrogens is 1. The predicted octanol–water partition coefficient (Wildman–Crippen LogP) is 4.06. The molecule has 4 nitrogen and oxygen atoms in total.